The fourth-order valence-electron chi connectivity index (χ4n) is 1.82. The summed E-state index contributed by atoms with van der Waals surface area (Å²) in [6.07, 6.45) is 3.68. The SMILES string of the molecule is CN(C)c1ccc(CNCc2cncc(Br)c2)cc1. The minimum Gasteiger partial charge on any atom is -0.378 e. The number of hydrogen-bond acceptors (Lipinski definition) is 3. The van der Waals surface area contributed by atoms with Gasteiger partial charge in [-0.2, -0.15) is 0 Å². The van der Waals surface area contributed by atoms with Crippen LogP contribution >= 0.6 is 15.9 Å². The standard InChI is InChI=1S/C15H18BrN3/c1-19(2)15-5-3-12(4-6-15)8-17-9-13-7-14(16)11-18-10-13/h3-7,10-11,17H,8-9H2,1-2H3. The molecule has 1 aromatic heterocycles. The topological polar surface area (TPSA) is 28.2 Å². The van der Waals surface area contributed by atoms with Crippen molar-refractivity contribution < 1.29 is 0 Å². The maximum atomic E-state index is 4.15. The quantitative estimate of drug-likeness (QED) is 0.917. The number of halogens is 1. The van der Waals surface area contributed by atoms with E-state index in [0.29, 0.717) is 0 Å². The number of nitrogens with one attached hydrogen (secondary N) is 1. The highest BCUT2D eigenvalue weighted by atomic mass is 79.9. The van der Waals surface area contributed by atoms with Gasteiger partial charge >= 0.3 is 0 Å². The van der Waals surface area contributed by atoms with Crippen LogP contribution in [0.25, 0.3) is 0 Å². The Hall–Kier alpha value is -1.39. The molecule has 0 spiro atoms. The van der Waals surface area contributed by atoms with Crippen molar-refractivity contribution in [3.8, 4) is 0 Å². The summed E-state index contributed by atoms with van der Waals surface area (Å²) in [7, 11) is 4.10. The van der Waals surface area contributed by atoms with Gasteiger partial charge in [0.1, 0.15) is 0 Å². The molecule has 1 aromatic carbocycles. The van der Waals surface area contributed by atoms with E-state index in [1.165, 1.54) is 16.8 Å². The summed E-state index contributed by atoms with van der Waals surface area (Å²) in [6.45, 7) is 1.68. The predicted octanol–water partition coefficient (Wildman–Crippen LogP) is 3.20. The molecule has 2 rings (SSSR count). The average molecular weight is 320 g/mol. The third kappa shape index (κ3) is 4.33. The summed E-state index contributed by atoms with van der Waals surface area (Å²) in [4.78, 5) is 6.25. The van der Waals surface area contributed by atoms with E-state index in [9.17, 15) is 0 Å². The van der Waals surface area contributed by atoms with Gasteiger partial charge in [-0.3, -0.25) is 4.98 Å². The van der Waals surface area contributed by atoms with Crippen LogP contribution in [0.5, 0.6) is 0 Å². The van der Waals surface area contributed by atoms with Crippen molar-refractivity contribution in [3.05, 3.63) is 58.3 Å². The summed E-state index contributed by atoms with van der Waals surface area (Å²) in [5.74, 6) is 0. The minimum absolute atomic E-state index is 0.821. The summed E-state index contributed by atoms with van der Waals surface area (Å²) in [5.41, 5.74) is 3.69. The lowest BCUT2D eigenvalue weighted by atomic mass is 10.2. The van der Waals surface area contributed by atoms with Gasteiger partial charge in [0.15, 0.2) is 0 Å². The lowest BCUT2D eigenvalue weighted by Crippen LogP contribution is -2.13. The molecule has 0 atom stereocenters. The summed E-state index contributed by atoms with van der Waals surface area (Å²) in [6, 6.07) is 10.7. The van der Waals surface area contributed by atoms with Crippen LogP contribution in [0, 0.1) is 0 Å². The van der Waals surface area contributed by atoms with E-state index in [1.807, 2.05) is 20.3 Å². The average Bonchev–Trinajstić information content (AvgIpc) is 2.39. The van der Waals surface area contributed by atoms with E-state index in [4.69, 9.17) is 0 Å². The summed E-state index contributed by atoms with van der Waals surface area (Å²) < 4.78 is 1.02. The molecule has 4 heteroatoms. The Morgan fingerprint density at radius 3 is 2.37 bits per heavy atom. The van der Waals surface area contributed by atoms with Crippen LogP contribution < -0.4 is 10.2 Å². The van der Waals surface area contributed by atoms with Crippen molar-refractivity contribution in [2.45, 2.75) is 13.1 Å². The number of aromatic nitrogens is 1. The third-order valence-corrected chi connectivity index (χ3v) is 3.31. The van der Waals surface area contributed by atoms with E-state index >= 15 is 0 Å². The highest BCUT2D eigenvalue weighted by molar-refractivity contribution is 9.10. The van der Waals surface area contributed by atoms with Gasteiger partial charge in [0.2, 0.25) is 0 Å². The highest BCUT2D eigenvalue weighted by Crippen LogP contribution is 2.12. The Balaban J connectivity index is 1.85. The van der Waals surface area contributed by atoms with E-state index in [2.05, 4.69) is 61.5 Å². The Bertz CT molecular complexity index is 523. The molecule has 1 N–H and O–H groups in total. The molecule has 0 radical (unpaired) electrons. The molecular weight excluding hydrogens is 302 g/mol. The number of rotatable bonds is 5. The van der Waals surface area contributed by atoms with Crippen LogP contribution in [0.15, 0.2) is 47.2 Å². The Morgan fingerprint density at radius 1 is 1.05 bits per heavy atom. The van der Waals surface area contributed by atoms with Crippen molar-refractivity contribution in [1.82, 2.24) is 10.3 Å². The zero-order chi connectivity index (χ0) is 13.7. The van der Waals surface area contributed by atoms with Crippen LogP contribution in [-0.4, -0.2) is 19.1 Å². The van der Waals surface area contributed by atoms with Crippen LogP contribution in [-0.2, 0) is 13.1 Å². The molecule has 0 amide bonds. The molecule has 1 heterocycles. The normalized spacial score (nSPS) is 10.5. The number of nitrogens with zero attached hydrogens (tertiary/aromatic N) is 2. The van der Waals surface area contributed by atoms with Crippen LogP contribution in [0.3, 0.4) is 0 Å². The zero-order valence-electron chi connectivity index (χ0n) is 11.2. The molecule has 0 saturated heterocycles. The van der Waals surface area contributed by atoms with Crippen molar-refractivity contribution in [1.29, 1.82) is 0 Å². The van der Waals surface area contributed by atoms with E-state index in [0.717, 1.165) is 17.6 Å². The van der Waals surface area contributed by atoms with Gasteiger partial charge in [0.05, 0.1) is 0 Å². The first-order valence-electron chi connectivity index (χ1n) is 6.21. The van der Waals surface area contributed by atoms with Crippen molar-refractivity contribution >= 4 is 21.6 Å². The van der Waals surface area contributed by atoms with Crippen molar-refractivity contribution in [3.63, 3.8) is 0 Å². The Morgan fingerprint density at radius 2 is 1.74 bits per heavy atom. The lowest BCUT2D eigenvalue weighted by molar-refractivity contribution is 0.691. The second-order valence-electron chi connectivity index (χ2n) is 4.68. The van der Waals surface area contributed by atoms with Gasteiger partial charge < -0.3 is 10.2 Å². The van der Waals surface area contributed by atoms with Crippen molar-refractivity contribution in [2.75, 3.05) is 19.0 Å². The van der Waals surface area contributed by atoms with E-state index in [1.54, 1.807) is 6.20 Å². The van der Waals surface area contributed by atoms with Crippen LogP contribution in [0.1, 0.15) is 11.1 Å². The van der Waals surface area contributed by atoms with Gasteiger partial charge in [-0.25, -0.2) is 0 Å². The molecule has 0 aliphatic heterocycles. The lowest BCUT2D eigenvalue weighted by Gasteiger charge is -2.13. The predicted molar refractivity (Wildman–Crippen MR) is 83.2 cm³/mol. The van der Waals surface area contributed by atoms with E-state index in [-0.39, 0.29) is 0 Å². The van der Waals surface area contributed by atoms with Crippen LogP contribution in [0.4, 0.5) is 5.69 Å². The monoisotopic (exact) mass is 319 g/mol. The highest BCUT2D eigenvalue weighted by Gasteiger charge is 1.98. The Labute approximate surface area is 122 Å². The first kappa shape index (κ1) is 14.0. The van der Waals surface area contributed by atoms with Gasteiger partial charge in [-0.1, -0.05) is 12.1 Å². The van der Waals surface area contributed by atoms with Gasteiger partial charge in [-0.15, -0.1) is 0 Å². The molecule has 0 fully saturated rings. The fraction of sp³-hybridized carbons (Fsp3) is 0.267. The molecule has 100 valence electrons. The number of benzene rings is 1. The molecule has 0 aliphatic carbocycles. The fourth-order valence-corrected chi connectivity index (χ4v) is 2.23. The first-order chi connectivity index (χ1) is 9.15. The molecule has 19 heavy (non-hydrogen) atoms. The number of pyridine rings is 1. The zero-order valence-corrected chi connectivity index (χ0v) is 12.8. The third-order valence-electron chi connectivity index (χ3n) is 2.87. The second kappa shape index (κ2) is 6.68. The largest absolute Gasteiger partial charge is 0.378 e. The second-order valence-corrected chi connectivity index (χ2v) is 5.59. The molecule has 2 aromatic rings. The van der Waals surface area contributed by atoms with Crippen molar-refractivity contribution in [2.24, 2.45) is 0 Å². The summed E-state index contributed by atoms with van der Waals surface area (Å²) >= 11 is 3.43. The van der Waals surface area contributed by atoms with Gasteiger partial charge in [-0.05, 0) is 45.3 Å². The van der Waals surface area contributed by atoms with Gasteiger partial charge in [0, 0.05) is 49.7 Å². The summed E-state index contributed by atoms with van der Waals surface area (Å²) in [5, 5.41) is 3.42. The maximum Gasteiger partial charge on any atom is 0.0410 e. The van der Waals surface area contributed by atoms with E-state index < -0.39 is 0 Å². The molecule has 0 aliphatic rings. The first-order valence-corrected chi connectivity index (χ1v) is 7.01. The Kier molecular flexibility index (Phi) is 4.93. The number of anilines is 1. The maximum absolute atomic E-state index is 4.15. The minimum atomic E-state index is 0.821. The number of hydrogen-bond donors (Lipinski definition) is 1. The molecule has 0 saturated carbocycles. The molecular formula is C15H18BrN3. The smallest absolute Gasteiger partial charge is 0.0410 e. The molecule has 0 unspecified atom stereocenters. The van der Waals surface area contributed by atoms with Crippen LogP contribution in [0.2, 0.25) is 0 Å². The molecule has 3 nitrogen and oxygen atoms in total. The molecule has 0 bridgehead atoms. The van der Waals surface area contributed by atoms with Gasteiger partial charge in [0.25, 0.3) is 0 Å².